The summed E-state index contributed by atoms with van der Waals surface area (Å²) in [4.78, 5) is 14.8. The maximum Gasteiger partial charge on any atom is 0.146 e. The molecule has 0 unspecified atom stereocenters. The van der Waals surface area contributed by atoms with E-state index in [0.717, 1.165) is 0 Å². The maximum absolute atomic E-state index is 10.8. The van der Waals surface area contributed by atoms with Crippen molar-refractivity contribution in [3.8, 4) is 23.0 Å². The second kappa shape index (κ2) is 7.73. The van der Waals surface area contributed by atoms with Crippen molar-refractivity contribution in [1.29, 1.82) is 0 Å². The van der Waals surface area contributed by atoms with E-state index in [1.165, 1.54) is 28.4 Å². The molecule has 0 bridgehead atoms. The molecule has 0 aliphatic carbocycles. The van der Waals surface area contributed by atoms with Gasteiger partial charge in [0.15, 0.2) is 0 Å². The smallest absolute Gasteiger partial charge is 0.146 e. The van der Waals surface area contributed by atoms with Gasteiger partial charge in [-0.15, -0.1) is 0 Å². The van der Waals surface area contributed by atoms with Gasteiger partial charge in [0.2, 0.25) is 0 Å². The van der Waals surface area contributed by atoms with E-state index in [0.29, 0.717) is 45.1 Å². The van der Waals surface area contributed by atoms with E-state index in [2.05, 4.69) is 19.9 Å². The minimum Gasteiger partial charge on any atom is -0.494 e. The highest BCUT2D eigenvalue weighted by atomic mass is 16.5. The number of methoxy groups -OCH3 is 4. The fourth-order valence-electron chi connectivity index (χ4n) is 3.37. The first-order valence-electron chi connectivity index (χ1n) is 9.09. The summed E-state index contributed by atoms with van der Waals surface area (Å²) in [5.74, 6) is 2.36. The number of aromatic nitrogens is 4. The molecule has 2 aromatic heterocycles. The number of nitrogens with zero attached hydrogens (tertiary/aromatic N) is 2. The number of aliphatic hydroxyl groups is 2. The number of H-pyrrole nitrogens is 2. The molecule has 0 aliphatic rings. The van der Waals surface area contributed by atoms with Crippen molar-refractivity contribution in [3.05, 3.63) is 35.9 Å². The lowest BCUT2D eigenvalue weighted by atomic mass is 10.2. The first kappa shape index (κ1) is 19.8. The van der Waals surface area contributed by atoms with Crippen LogP contribution >= 0.6 is 0 Å². The number of hydrogen-bond acceptors (Lipinski definition) is 8. The van der Waals surface area contributed by atoms with E-state index >= 15 is 0 Å². The van der Waals surface area contributed by atoms with Crippen molar-refractivity contribution in [3.63, 3.8) is 0 Å². The van der Waals surface area contributed by atoms with Crippen molar-refractivity contribution >= 4 is 22.1 Å². The van der Waals surface area contributed by atoms with Crippen LogP contribution in [0.3, 0.4) is 0 Å². The summed E-state index contributed by atoms with van der Waals surface area (Å²) in [6.07, 6.45) is -2.80. The molecule has 0 saturated carbocycles. The molecule has 0 amide bonds. The van der Waals surface area contributed by atoms with Crippen LogP contribution in [-0.2, 0) is 0 Å². The maximum atomic E-state index is 10.8. The van der Waals surface area contributed by atoms with Crippen LogP contribution in [0.15, 0.2) is 24.3 Å². The highest BCUT2D eigenvalue weighted by molar-refractivity contribution is 5.88. The van der Waals surface area contributed by atoms with Crippen molar-refractivity contribution in [2.75, 3.05) is 28.4 Å². The Bertz CT molecular complexity index is 1030. The number of aliphatic hydroxyl groups excluding tert-OH is 2. The highest BCUT2D eigenvalue weighted by Crippen LogP contribution is 2.37. The fraction of sp³-hybridized carbons (Fsp3) is 0.300. The van der Waals surface area contributed by atoms with Crippen LogP contribution in [0.5, 0.6) is 23.0 Å². The molecule has 30 heavy (non-hydrogen) atoms. The standard InChI is InChI=1S/C20H22N4O6/c1-27-9-5-6-10(28-2)14-13(9)21-19(22-14)17(25)18(26)20-23-15-11(29-3)7-8-12(30-4)16(15)24-20/h5-8,17-18,25-26H,1-4H3,(H,21,22)(H,23,24)/t17-,18-/m1/s1. The number of benzene rings is 2. The number of ether oxygens (including phenoxy) is 4. The molecule has 2 aromatic carbocycles. The third kappa shape index (κ3) is 3.06. The average molecular weight is 414 g/mol. The molecule has 158 valence electrons. The van der Waals surface area contributed by atoms with Gasteiger partial charge in [0.1, 0.15) is 68.9 Å². The fourth-order valence-corrected chi connectivity index (χ4v) is 3.37. The zero-order valence-corrected chi connectivity index (χ0v) is 16.9. The van der Waals surface area contributed by atoms with Crippen LogP contribution < -0.4 is 18.9 Å². The summed E-state index contributed by atoms with van der Waals surface area (Å²) in [5, 5.41) is 21.6. The molecule has 2 heterocycles. The van der Waals surface area contributed by atoms with Gasteiger partial charge >= 0.3 is 0 Å². The lowest BCUT2D eigenvalue weighted by Crippen LogP contribution is -2.13. The van der Waals surface area contributed by atoms with Crippen molar-refractivity contribution in [2.24, 2.45) is 0 Å². The van der Waals surface area contributed by atoms with Crippen LogP contribution in [0.25, 0.3) is 22.1 Å². The van der Waals surface area contributed by atoms with Gasteiger partial charge in [-0.1, -0.05) is 0 Å². The number of hydrogen-bond donors (Lipinski definition) is 4. The van der Waals surface area contributed by atoms with Gasteiger partial charge in [-0.05, 0) is 24.3 Å². The number of fused-ring (bicyclic) bond motifs is 2. The van der Waals surface area contributed by atoms with Crippen LogP contribution in [0.4, 0.5) is 0 Å². The second-order valence-corrected chi connectivity index (χ2v) is 6.52. The molecule has 4 aromatic rings. The largest absolute Gasteiger partial charge is 0.494 e. The summed E-state index contributed by atoms with van der Waals surface area (Å²) >= 11 is 0. The van der Waals surface area contributed by atoms with Gasteiger partial charge in [0.25, 0.3) is 0 Å². The highest BCUT2D eigenvalue weighted by Gasteiger charge is 2.28. The predicted octanol–water partition coefficient (Wildman–Crippen LogP) is 2.24. The minimum absolute atomic E-state index is 0.139. The average Bonchev–Trinajstić information content (AvgIpc) is 3.42. The second-order valence-electron chi connectivity index (χ2n) is 6.52. The van der Waals surface area contributed by atoms with E-state index < -0.39 is 12.2 Å². The topological polar surface area (TPSA) is 135 Å². The molecule has 0 spiro atoms. The van der Waals surface area contributed by atoms with Gasteiger partial charge in [-0.3, -0.25) is 0 Å². The van der Waals surface area contributed by atoms with E-state index in [1.807, 2.05) is 0 Å². The van der Waals surface area contributed by atoms with E-state index in [1.54, 1.807) is 24.3 Å². The molecule has 0 radical (unpaired) electrons. The van der Waals surface area contributed by atoms with Gasteiger partial charge in [0, 0.05) is 0 Å². The summed E-state index contributed by atoms with van der Waals surface area (Å²) in [6.45, 7) is 0. The zero-order chi connectivity index (χ0) is 21.4. The van der Waals surface area contributed by atoms with Crippen molar-refractivity contribution < 1.29 is 29.2 Å². The van der Waals surface area contributed by atoms with E-state index in [-0.39, 0.29) is 11.6 Å². The number of rotatable bonds is 7. The van der Waals surface area contributed by atoms with Crippen LogP contribution in [0.2, 0.25) is 0 Å². The summed E-state index contributed by atoms with van der Waals surface area (Å²) in [7, 11) is 6.11. The van der Waals surface area contributed by atoms with Gasteiger partial charge in [-0.25, -0.2) is 9.97 Å². The normalized spacial score (nSPS) is 13.4. The molecule has 4 rings (SSSR count). The van der Waals surface area contributed by atoms with Crippen molar-refractivity contribution in [2.45, 2.75) is 12.2 Å². The van der Waals surface area contributed by atoms with Crippen LogP contribution in [-0.4, -0.2) is 58.6 Å². The summed E-state index contributed by atoms with van der Waals surface area (Å²) in [6, 6.07) is 6.88. The third-order valence-electron chi connectivity index (χ3n) is 4.92. The Labute approximate surface area is 171 Å². The van der Waals surface area contributed by atoms with Crippen LogP contribution in [0.1, 0.15) is 23.9 Å². The van der Waals surface area contributed by atoms with Gasteiger partial charge in [0.05, 0.1) is 28.4 Å². The zero-order valence-electron chi connectivity index (χ0n) is 16.9. The Morgan fingerprint density at radius 3 is 1.30 bits per heavy atom. The lowest BCUT2D eigenvalue weighted by Gasteiger charge is -2.13. The first-order valence-corrected chi connectivity index (χ1v) is 9.09. The number of aromatic amines is 2. The Balaban J connectivity index is 1.76. The molecule has 4 N–H and O–H groups in total. The van der Waals surface area contributed by atoms with E-state index in [9.17, 15) is 10.2 Å². The lowest BCUT2D eigenvalue weighted by molar-refractivity contribution is 0.00777. The Morgan fingerprint density at radius 2 is 0.967 bits per heavy atom. The molecule has 0 saturated heterocycles. The van der Waals surface area contributed by atoms with Crippen LogP contribution in [0, 0.1) is 0 Å². The first-order chi connectivity index (χ1) is 14.5. The Kier molecular flexibility index (Phi) is 5.10. The summed E-state index contributed by atoms with van der Waals surface area (Å²) < 4.78 is 21.3. The Hall–Kier alpha value is -3.50. The SMILES string of the molecule is COc1ccc(OC)c2[nH]c([C@H](O)[C@@H](O)c3nc4c(OC)ccc(OC)c4[nH]3)nc12. The number of nitrogens with one attached hydrogen (secondary N) is 2. The molecular weight excluding hydrogens is 392 g/mol. The quantitative estimate of drug-likeness (QED) is 0.362. The molecule has 2 atom stereocenters. The van der Waals surface area contributed by atoms with E-state index in [4.69, 9.17) is 18.9 Å². The van der Waals surface area contributed by atoms with Gasteiger partial charge < -0.3 is 39.1 Å². The predicted molar refractivity (Wildman–Crippen MR) is 108 cm³/mol. The third-order valence-corrected chi connectivity index (χ3v) is 4.92. The minimum atomic E-state index is -1.40. The monoisotopic (exact) mass is 414 g/mol. The molecule has 0 aliphatic heterocycles. The molecular formula is C20H22N4O6. The molecule has 0 fully saturated rings. The van der Waals surface area contributed by atoms with Gasteiger partial charge in [-0.2, -0.15) is 0 Å². The number of imidazole rings is 2. The molecule has 10 nitrogen and oxygen atoms in total. The van der Waals surface area contributed by atoms with Crippen molar-refractivity contribution in [1.82, 2.24) is 19.9 Å². The molecule has 10 heteroatoms. The Morgan fingerprint density at radius 1 is 0.633 bits per heavy atom. The summed E-state index contributed by atoms with van der Waals surface area (Å²) in [5.41, 5.74) is 2.05.